The molecule has 12 heavy (non-hydrogen) atoms. The first-order chi connectivity index (χ1) is 5.83. The van der Waals surface area contributed by atoms with Crippen LogP contribution in [0.15, 0.2) is 34.5 Å². The van der Waals surface area contributed by atoms with Gasteiger partial charge in [0, 0.05) is 0 Å². The average molecular weight is 160 g/mol. The third kappa shape index (κ3) is 2.47. The molecule has 0 aromatic carbocycles. The van der Waals surface area contributed by atoms with Crippen LogP contribution in [0, 0.1) is 11.8 Å². The normalized spacial score (nSPS) is 10.2. The summed E-state index contributed by atoms with van der Waals surface area (Å²) in [7, 11) is 0. The Morgan fingerprint density at radius 3 is 3.08 bits per heavy atom. The molecule has 0 aliphatic heterocycles. The number of rotatable bonds is 1. The second-order valence-corrected chi connectivity index (χ2v) is 2.25. The fraction of sp³-hybridized carbons (Fsp3) is 0.100. The van der Waals surface area contributed by atoms with Crippen molar-refractivity contribution in [3.63, 3.8) is 0 Å². The fourth-order valence-corrected chi connectivity index (χ4v) is 0.605. The van der Waals surface area contributed by atoms with E-state index in [4.69, 9.17) is 4.42 Å². The van der Waals surface area contributed by atoms with Crippen LogP contribution >= 0.6 is 0 Å². The summed E-state index contributed by atoms with van der Waals surface area (Å²) >= 11 is 0. The standard InChI is InChI=1S/C10H8O2/c1-9(8-11)4-2-5-10-6-3-7-12-10/h3-4,6-8H,1H3/b9-4+. The van der Waals surface area contributed by atoms with Crippen LogP contribution in [0.25, 0.3) is 0 Å². The molecule has 0 aliphatic carbocycles. The zero-order valence-corrected chi connectivity index (χ0v) is 6.70. The number of hydrogen-bond donors (Lipinski definition) is 0. The van der Waals surface area contributed by atoms with Crippen LogP contribution in [0.1, 0.15) is 12.7 Å². The summed E-state index contributed by atoms with van der Waals surface area (Å²) in [6.45, 7) is 1.70. The number of hydrogen-bond acceptors (Lipinski definition) is 2. The lowest BCUT2D eigenvalue weighted by atomic mass is 10.3. The van der Waals surface area contributed by atoms with Gasteiger partial charge in [0.05, 0.1) is 6.26 Å². The van der Waals surface area contributed by atoms with Crippen LogP contribution in [0.5, 0.6) is 0 Å². The summed E-state index contributed by atoms with van der Waals surface area (Å²) in [6, 6.07) is 3.53. The van der Waals surface area contributed by atoms with Crippen LogP contribution in [0.3, 0.4) is 0 Å². The molecule has 1 rings (SSSR count). The van der Waals surface area contributed by atoms with Crippen molar-refractivity contribution in [2.24, 2.45) is 0 Å². The summed E-state index contributed by atoms with van der Waals surface area (Å²) in [4.78, 5) is 10.1. The molecule has 0 fully saturated rings. The fourth-order valence-electron chi connectivity index (χ4n) is 0.605. The number of allylic oxidation sites excluding steroid dienone is 2. The van der Waals surface area contributed by atoms with Crippen molar-refractivity contribution in [2.75, 3.05) is 0 Å². The van der Waals surface area contributed by atoms with Crippen molar-refractivity contribution in [1.82, 2.24) is 0 Å². The molecule has 0 unspecified atom stereocenters. The summed E-state index contributed by atoms with van der Waals surface area (Å²) in [5.74, 6) is 6.04. The van der Waals surface area contributed by atoms with Crippen molar-refractivity contribution < 1.29 is 9.21 Å². The Balaban J connectivity index is 2.67. The van der Waals surface area contributed by atoms with E-state index >= 15 is 0 Å². The second kappa shape index (κ2) is 4.20. The minimum Gasteiger partial charge on any atom is -0.456 e. The Bertz CT molecular complexity index is 334. The van der Waals surface area contributed by atoms with E-state index < -0.39 is 0 Å². The molecule has 1 aromatic heterocycles. The van der Waals surface area contributed by atoms with Gasteiger partial charge in [0.15, 0.2) is 5.76 Å². The van der Waals surface area contributed by atoms with E-state index in [0.717, 1.165) is 6.29 Å². The Kier molecular flexibility index (Phi) is 2.92. The van der Waals surface area contributed by atoms with Crippen molar-refractivity contribution in [1.29, 1.82) is 0 Å². The molecule has 0 saturated carbocycles. The molecular formula is C10H8O2. The lowest BCUT2D eigenvalue weighted by Crippen LogP contribution is -1.72. The molecule has 0 aliphatic rings. The van der Waals surface area contributed by atoms with Gasteiger partial charge >= 0.3 is 0 Å². The Hall–Kier alpha value is -1.75. The Labute approximate surface area is 70.9 Å². The molecule has 1 aromatic rings. The van der Waals surface area contributed by atoms with Crippen LogP contribution in [-0.2, 0) is 4.79 Å². The molecule has 0 saturated heterocycles. The third-order valence-corrected chi connectivity index (χ3v) is 1.20. The SMILES string of the molecule is C/C(C=O)=C\C#Cc1ccco1. The highest BCUT2D eigenvalue weighted by atomic mass is 16.3. The van der Waals surface area contributed by atoms with E-state index in [1.165, 1.54) is 0 Å². The van der Waals surface area contributed by atoms with Gasteiger partial charge in [-0.3, -0.25) is 4.79 Å². The van der Waals surface area contributed by atoms with Crippen LogP contribution in [0.4, 0.5) is 0 Å². The minimum atomic E-state index is 0.602. The van der Waals surface area contributed by atoms with E-state index in [9.17, 15) is 4.79 Å². The van der Waals surface area contributed by atoms with E-state index in [2.05, 4.69) is 11.8 Å². The van der Waals surface area contributed by atoms with Gasteiger partial charge < -0.3 is 4.42 Å². The number of carbonyl (C=O) groups excluding carboxylic acids is 1. The smallest absolute Gasteiger partial charge is 0.176 e. The van der Waals surface area contributed by atoms with E-state index in [0.29, 0.717) is 11.3 Å². The van der Waals surface area contributed by atoms with Crippen LogP contribution in [0.2, 0.25) is 0 Å². The first-order valence-corrected chi connectivity index (χ1v) is 3.50. The Morgan fingerprint density at radius 1 is 1.67 bits per heavy atom. The zero-order chi connectivity index (χ0) is 8.81. The maximum Gasteiger partial charge on any atom is 0.176 e. The van der Waals surface area contributed by atoms with Gasteiger partial charge in [-0.05, 0) is 36.6 Å². The van der Waals surface area contributed by atoms with Gasteiger partial charge in [-0.15, -0.1) is 0 Å². The summed E-state index contributed by atoms with van der Waals surface area (Å²) in [5.41, 5.74) is 0.606. The van der Waals surface area contributed by atoms with Gasteiger partial charge in [0.25, 0.3) is 0 Å². The summed E-state index contributed by atoms with van der Waals surface area (Å²) in [5, 5.41) is 0. The monoisotopic (exact) mass is 160 g/mol. The van der Waals surface area contributed by atoms with Crippen molar-refractivity contribution in [3.05, 3.63) is 35.8 Å². The molecule has 60 valence electrons. The molecular weight excluding hydrogens is 152 g/mol. The van der Waals surface area contributed by atoms with Gasteiger partial charge in [0.1, 0.15) is 6.29 Å². The predicted molar refractivity (Wildman–Crippen MR) is 45.4 cm³/mol. The number of furan rings is 1. The van der Waals surface area contributed by atoms with Gasteiger partial charge in [0.2, 0.25) is 0 Å². The zero-order valence-electron chi connectivity index (χ0n) is 6.70. The first-order valence-electron chi connectivity index (χ1n) is 3.50. The molecule has 0 atom stereocenters. The lowest BCUT2D eigenvalue weighted by Gasteiger charge is -1.77. The third-order valence-electron chi connectivity index (χ3n) is 1.20. The molecule has 0 bridgehead atoms. The second-order valence-electron chi connectivity index (χ2n) is 2.25. The van der Waals surface area contributed by atoms with Gasteiger partial charge in [-0.2, -0.15) is 0 Å². The molecule has 0 spiro atoms. The molecule has 0 amide bonds. The average Bonchev–Trinajstić information content (AvgIpc) is 2.57. The highest BCUT2D eigenvalue weighted by Crippen LogP contribution is 1.96. The van der Waals surface area contributed by atoms with E-state index in [1.807, 2.05) is 0 Å². The molecule has 0 N–H and O–H groups in total. The van der Waals surface area contributed by atoms with Crippen LogP contribution < -0.4 is 0 Å². The molecule has 0 radical (unpaired) electrons. The maximum absolute atomic E-state index is 10.1. The maximum atomic E-state index is 10.1. The molecule has 2 heteroatoms. The summed E-state index contributed by atoms with van der Waals surface area (Å²) < 4.78 is 4.96. The van der Waals surface area contributed by atoms with Gasteiger partial charge in [-0.25, -0.2) is 0 Å². The quantitative estimate of drug-likeness (QED) is 0.356. The lowest BCUT2D eigenvalue weighted by molar-refractivity contribution is -0.104. The number of aldehydes is 1. The highest BCUT2D eigenvalue weighted by molar-refractivity contribution is 5.73. The van der Waals surface area contributed by atoms with Crippen LogP contribution in [-0.4, -0.2) is 6.29 Å². The van der Waals surface area contributed by atoms with Gasteiger partial charge in [-0.1, -0.05) is 5.92 Å². The van der Waals surface area contributed by atoms with Crippen molar-refractivity contribution in [3.8, 4) is 11.8 Å². The minimum absolute atomic E-state index is 0.602. The topological polar surface area (TPSA) is 30.2 Å². The molecule has 1 heterocycles. The summed E-state index contributed by atoms with van der Waals surface area (Å²) in [6.07, 6.45) is 3.87. The van der Waals surface area contributed by atoms with E-state index in [1.54, 1.807) is 31.4 Å². The highest BCUT2D eigenvalue weighted by Gasteiger charge is 1.84. The van der Waals surface area contributed by atoms with E-state index in [-0.39, 0.29) is 0 Å². The number of carbonyl (C=O) groups is 1. The Morgan fingerprint density at radius 2 is 2.50 bits per heavy atom. The first kappa shape index (κ1) is 8.35. The van der Waals surface area contributed by atoms with Crippen molar-refractivity contribution >= 4 is 6.29 Å². The largest absolute Gasteiger partial charge is 0.456 e. The van der Waals surface area contributed by atoms with Crippen molar-refractivity contribution in [2.45, 2.75) is 6.92 Å². The predicted octanol–water partition coefficient (Wildman–Crippen LogP) is 1.78. The molecule has 2 nitrogen and oxygen atoms in total.